The molecule has 12 heteroatoms. The highest BCUT2D eigenvalue weighted by molar-refractivity contribution is 5.89. The Kier molecular flexibility index (Phi) is 8.56. The molecule has 43 heavy (non-hydrogen) atoms. The van der Waals surface area contributed by atoms with Gasteiger partial charge in [-0.3, -0.25) is 4.68 Å². The second kappa shape index (κ2) is 12.5. The lowest BCUT2D eigenvalue weighted by molar-refractivity contribution is -0.143. The summed E-state index contributed by atoms with van der Waals surface area (Å²) < 4.78 is 63.9. The van der Waals surface area contributed by atoms with E-state index < -0.39 is 29.2 Å². The molecule has 3 aromatic heterocycles. The smallest absolute Gasteiger partial charge is 0.434 e. The molecule has 0 fully saturated rings. The van der Waals surface area contributed by atoms with Crippen LogP contribution in [0.2, 0.25) is 0 Å². The number of rotatable bonds is 11. The first kappa shape index (κ1) is 29.5. The van der Waals surface area contributed by atoms with Crippen molar-refractivity contribution in [2.45, 2.75) is 38.4 Å². The fourth-order valence-electron chi connectivity index (χ4n) is 4.86. The molecule has 8 nitrogen and oxygen atoms in total. The number of nitrogens with zero attached hydrogens (tertiary/aromatic N) is 5. The number of carboxylic acid groups (broad SMARTS) is 1. The zero-order valence-electron chi connectivity index (χ0n) is 23.0. The van der Waals surface area contributed by atoms with Gasteiger partial charge in [-0.05, 0) is 65.9 Å². The SMILES string of the molecule is CC(Cc1ccc(OCCCn2cccn2)cc1)c1ccc(F)cc1-c1cccc(-n2ncc(C(=O)O)c2C(F)(F)F)n1. The highest BCUT2D eigenvalue weighted by Crippen LogP contribution is 2.35. The molecule has 0 saturated carbocycles. The van der Waals surface area contributed by atoms with Gasteiger partial charge in [0.05, 0.1) is 18.5 Å². The van der Waals surface area contributed by atoms with E-state index in [0.29, 0.717) is 29.5 Å². The summed E-state index contributed by atoms with van der Waals surface area (Å²) in [5.74, 6) is -1.92. The van der Waals surface area contributed by atoms with Crippen molar-refractivity contribution in [1.29, 1.82) is 0 Å². The van der Waals surface area contributed by atoms with E-state index in [-0.39, 0.29) is 17.4 Å². The summed E-state index contributed by atoms with van der Waals surface area (Å²) in [7, 11) is 0. The number of carbonyl (C=O) groups is 1. The second-order valence-corrected chi connectivity index (χ2v) is 9.95. The molecule has 0 spiro atoms. The number of hydrogen-bond acceptors (Lipinski definition) is 5. The summed E-state index contributed by atoms with van der Waals surface area (Å²) >= 11 is 0. The van der Waals surface area contributed by atoms with Crippen molar-refractivity contribution in [3.05, 3.63) is 114 Å². The predicted octanol–water partition coefficient (Wildman–Crippen LogP) is 6.80. The first-order valence-corrected chi connectivity index (χ1v) is 13.4. The highest BCUT2D eigenvalue weighted by Gasteiger charge is 2.41. The quantitative estimate of drug-likeness (QED) is 0.134. The molecule has 222 valence electrons. The average molecular weight is 594 g/mol. The maximum Gasteiger partial charge on any atom is 0.434 e. The van der Waals surface area contributed by atoms with Gasteiger partial charge in [-0.15, -0.1) is 0 Å². The van der Waals surface area contributed by atoms with Crippen LogP contribution in [0.4, 0.5) is 17.6 Å². The van der Waals surface area contributed by atoms with Crippen molar-refractivity contribution in [3.8, 4) is 22.8 Å². The number of halogens is 4. The summed E-state index contributed by atoms with van der Waals surface area (Å²) in [6, 6.07) is 18.1. The predicted molar refractivity (Wildman–Crippen MR) is 150 cm³/mol. The third kappa shape index (κ3) is 6.91. The molecule has 0 bridgehead atoms. The molecular weight excluding hydrogens is 566 g/mol. The standard InChI is InChI=1S/C31H27F4N5O3/c1-20(17-21-7-10-23(11-8-21)43-16-4-15-39-14-3-13-36-39)24-12-9-22(32)18-25(24)27-5-2-6-28(38-27)40-29(31(33,34)35)26(19-37-40)30(41)42/h2-3,5-14,18-20H,4,15-17H2,1H3,(H,41,42). The fraction of sp³-hybridized carbons (Fsp3) is 0.226. The van der Waals surface area contributed by atoms with Crippen molar-refractivity contribution in [2.24, 2.45) is 0 Å². The Morgan fingerprint density at radius 3 is 2.53 bits per heavy atom. The van der Waals surface area contributed by atoms with Crippen LogP contribution in [0, 0.1) is 5.82 Å². The average Bonchev–Trinajstić information content (AvgIpc) is 3.67. The summed E-state index contributed by atoms with van der Waals surface area (Å²) in [6.45, 7) is 3.27. The highest BCUT2D eigenvalue weighted by atomic mass is 19.4. The molecule has 3 heterocycles. The molecule has 0 radical (unpaired) electrons. The van der Waals surface area contributed by atoms with Crippen LogP contribution in [-0.4, -0.2) is 42.2 Å². The van der Waals surface area contributed by atoms with Crippen LogP contribution in [0.1, 0.15) is 46.4 Å². The number of ether oxygens (including phenoxy) is 1. The molecule has 0 aliphatic carbocycles. The summed E-state index contributed by atoms with van der Waals surface area (Å²) in [5.41, 5.74) is -0.0641. The molecular formula is C31H27F4N5O3. The molecule has 1 N–H and O–H groups in total. The summed E-state index contributed by atoms with van der Waals surface area (Å²) in [5, 5.41) is 17.1. The van der Waals surface area contributed by atoms with Crippen LogP contribution in [0.3, 0.4) is 0 Å². The van der Waals surface area contributed by atoms with Gasteiger partial charge in [0.15, 0.2) is 11.5 Å². The van der Waals surface area contributed by atoms with Gasteiger partial charge >= 0.3 is 12.1 Å². The molecule has 2 aromatic carbocycles. The lowest BCUT2D eigenvalue weighted by Crippen LogP contribution is -2.18. The minimum atomic E-state index is -5.00. The van der Waals surface area contributed by atoms with E-state index in [1.54, 1.807) is 18.3 Å². The second-order valence-electron chi connectivity index (χ2n) is 9.95. The Morgan fingerprint density at radius 2 is 1.84 bits per heavy atom. The van der Waals surface area contributed by atoms with E-state index >= 15 is 0 Å². The Balaban J connectivity index is 1.34. The third-order valence-electron chi connectivity index (χ3n) is 6.87. The van der Waals surface area contributed by atoms with E-state index in [4.69, 9.17) is 4.74 Å². The number of carboxylic acids is 1. The number of benzene rings is 2. The van der Waals surface area contributed by atoms with Gasteiger partial charge in [-0.2, -0.15) is 23.4 Å². The normalized spacial score (nSPS) is 12.3. The Labute approximate surface area is 244 Å². The Bertz CT molecular complexity index is 1700. The van der Waals surface area contributed by atoms with Crippen LogP contribution in [-0.2, 0) is 19.1 Å². The topological polar surface area (TPSA) is 95.1 Å². The minimum absolute atomic E-state index is 0.115. The van der Waals surface area contributed by atoms with Crippen molar-refractivity contribution >= 4 is 5.97 Å². The molecule has 5 rings (SSSR count). The lowest BCUT2D eigenvalue weighted by atomic mass is 9.89. The van der Waals surface area contributed by atoms with Gasteiger partial charge in [-0.1, -0.05) is 31.2 Å². The van der Waals surface area contributed by atoms with Gasteiger partial charge in [0.2, 0.25) is 0 Å². The monoisotopic (exact) mass is 593 g/mol. The number of alkyl halides is 3. The Morgan fingerprint density at radius 1 is 1.05 bits per heavy atom. The fourth-order valence-corrected chi connectivity index (χ4v) is 4.86. The molecule has 0 saturated heterocycles. The van der Waals surface area contributed by atoms with Gasteiger partial charge in [-0.25, -0.2) is 18.9 Å². The van der Waals surface area contributed by atoms with E-state index in [0.717, 1.165) is 29.8 Å². The molecule has 1 atom stereocenters. The minimum Gasteiger partial charge on any atom is -0.494 e. The van der Waals surface area contributed by atoms with Crippen molar-refractivity contribution in [3.63, 3.8) is 0 Å². The number of aryl methyl sites for hydroxylation is 1. The van der Waals surface area contributed by atoms with E-state index in [9.17, 15) is 27.5 Å². The van der Waals surface area contributed by atoms with E-state index in [1.165, 1.54) is 24.3 Å². The van der Waals surface area contributed by atoms with Crippen LogP contribution in [0.25, 0.3) is 17.1 Å². The van der Waals surface area contributed by atoms with Crippen LogP contribution < -0.4 is 4.74 Å². The third-order valence-corrected chi connectivity index (χ3v) is 6.87. The number of aromatic carboxylic acids is 1. The van der Waals surface area contributed by atoms with E-state index in [1.807, 2.05) is 48.1 Å². The van der Waals surface area contributed by atoms with Gasteiger partial charge < -0.3 is 9.84 Å². The largest absolute Gasteiger partial charge is 0.494 e. The molecule has 1 unspecified atom stereocenters. The lowest BCUT2D eigenvalue weighted by Gasteiger charge is -2.18. The summed E-state index contributed by atoms with van der Waals surface area (Å²) in [4.78, 5) is 15.7. The molecule has 0 aliphatic rings. The van der Waals surface area contributed by atoms with Gasteiger partial charge in [0.1, 0.15) is 17.1 Å². The van der Waals surface area contributed by atoms with Crippen molar-refractivity contribution in [2.75, 3.05) is 6.61 Å². The number of pyridine rings is 1. The number of aromatic nitrogens is 5. The molecule has 0 aliphatic heterocycles. The van der Waals surface area contributed by atoms with Crippen LogP contribution in [0.15, 0.2) is 85.3 Å². The van der Waals surface area contributed by atoms with E-state index in [2.05, 4.69) is 15.2 Å². The Hall–Kier alpha value is -5.00. The van der Waals surface area contributed by atoms with Crippen molar-refractivity contribution in [1.82, 2.24) is 24.5 Å². The van der Waals surface area contributed by atoms with Crippen molar-refractivity contribution < 1.29 is 32.2 Å². The van der Waals surface area contributed by atoms with Gasteiger partial charge in [0.25, 0.3) is 0 Å². The maximum absolute atomic E-state index is 14.4. The summed E-state index contributed by atoms with van der Waals surface area (Å²) in [6.07, 6.45) is 0.665. The maximum atomic E-state index is 14.4. The molecule has 5 aromatic rings. The molecule has 0 amide bonds. The zero-order valence-corrected chi connectivity index (χ0v) is 23.0. The van der Waals surface area contributed by atoms with Crippen LogP contribution >= 0.6 is 0 Å². The zero-order chi connectivity index (χ0) is 30.6. The van der Waals surface area contributed by atoms with Crippen LogP contribution in [0.5, 0.6) is 5.75 Å². The first-order chi connectivity index (χ1) is 20.6. The number of hydrogen-bond donors (Lipinski definition) is 1. The first-order valence-electron chi connectivity index (χ1n) is 13.4. The van der Waals surface area contributed by atoms with Gasteiger partial charge in [0, 0.05) is 30.9 Å².